The fourth-order valence-corrected chi connectivity index (χ4v) is 3.47. The highest BCUT2D eigenvalue weighted by Crippen LogP contribution is 2.37. The lowest BCUT2D eigenvalue weighted by Gasteiger charge is -2.20. The van der Waals surface area contributed by atoms with Crippen LogP contribution in [0.5, 0.6) is 0 Å². The third-order valence-electron chi connectivity index (χ3n) is 3.00. The number of rotatable bonds is 4. The minimum absolute atomic E-state index is 0.0313. The SMILES string of the molecule is Cc1cc(C)nc(SC(c2ccc(Cl)cc2)C(C)N)c1. The van der Waals surface area contributed by atoms with E-state index in [1.807, 2.05) is 38.1 Å². The van der Waals surface area contributed by atoms with Crippen molar-refractivity contribution in [3.05, 3.63) is 58.2 Å². The number of aromatic nitrogens is 1. The van der Waals surface area contributed by atoms with Gasteiger partial charge in [-0.3, -0.25) is 0 Å². The Kier molecular flexibility index (Phi) is 5.08. The molecule has 2 aromatic rings. The molecule has 2 unspecified atom stereocenters. The lowest BCUT2D eigenvalue weighted by molar-refractivity contribution is 0.720. The second-order valence-electron chi connectivity index (χ2n) is 5.07. The Morgan fingerprint density at radius 2 is 1.80 bits per heavy atom. The van der Waals surface area contributed by atoms with E-state index in [9.17, 15) is 0 Å². The highest BCUT2D eigenvalue weighted by Gasteiger charge is 2.18. The molecule has 0 radical (unpaired) electrons. The Bertz CT molecular complexity index is 561. The Balaban J connectivity index is 2.27. The van der Waals surface area contributed by atoms with Gasteiger partial charge in [-0.1, -0.05) is 35.5 Å². The molecule has 2 nitrogen and oxygen atoms in total. The summed E-state index contributed by atoms with van der Waals surface area (Å²) in [5.74, 6) is 0. The normalized spacial score (nSPS) is 14.1. The number of aryl methyl sites for hydroxylation is 2. The van der Waals surface area contributed by atoms with E-state index in [1.165, 1.54) is 11.1 Å². The molecule has 2 N–H and O–H groups in total. The zero-order valence-electron chi connectivity index (χ0n) is 11.9. The van der Waals surface area contributed by atoms with Crippen LogP contribution in [0.1, 0.15) is 29.0 Å². The number of hydrogen-bond acceptors (Lipinski definition) is 3. The van der Waals surface area contributed by atoms with Gasteiger partial charge in [-0.15, -0.1) is 0 Å². The van der Waals surface area contributed by atoms with Crippen molar-refractivity contribution in [1.82, 2.24) is 4.98 Å². The summed E-state index contributed by atoms with van der Waals surface area (Å²) in [6.45, 7) is 6.12. The molecule has 0 bridgehead atoms. The predicted octanol–water partition coefficient (Wildman–Crippen LogP) is 4.53. The zero-order chi connectivity index (χ0) is 14.7. The molecule has 0 spiro atoms. The minimum Gasteiger partial charge on any atom is -0.327 e. The molecule has 0 aliphatic carbocycles. The summed E-state index contributed by atoms with van der Waals surface area (Å²) >= 11 is 7.65. The lowest BCUT2D eigenvalue weighted by Crippen LogP contribution is -2.22. The molecule has 2 atom stereocenters. The van der Waals surface area contributed by atoms with Gasteiger partial charge in [-0.25, -0.2) is 4.98 Å². The molecular weight excluding hydrogens is 288 g/mol. The van der Waals surface area contributed by atoms with Crippen LogP contribution in [0.15, 0.2) is 41.4 Å². The van der Waals surface area contributed by atoms with Crippen LogP contribution >= 0.6 is 23.4 Å². The number of nitrogens with zero attached hydrogens (tertiary/aromatic N) is 1. The summed E-state index contributed by atoms with van der Waals surface area (Å²) in [7, 11) is 0. The van der Waals surface area contributed by atoms with Gasteiger partial charge in [-0.2, -0.15) is 0 Å². The topological polar surface area (TPSA) is 38.9 Å². The maximum Gasteiger partial charge on any atom is 0.0972 e. The Hall–Kier alpha value is -1.03. The van der Waals surface area contributed by atoms with E-state index in [4.69, 9.17) is 17.3 Å². The van der Waals surface area contributed by atoms with Crippen molar-refractivity contribution in [2.24, 2.45) is 5.73 Å². The maximum atomic E-state index is 6.15. The molecule has 1 aromatic carbocycles. The van der Waals surface area contributed by atoms with Gasteiger partial charge in [0.1, 0.15) is 0 Å². The molecule has 0 aliphatic heterocycles. The molecule has 0 aliphatic rings. The molecule has 0 fully saturated rings. The summed E-state index contributed by atoms with van der Waals surface area (Å²) in [4.78, 5) is 4.58. The van der Waals surface area contributed by atoms with Crippen LogP contribution in [0.2, 0.25) is 5.02 Å². The van der Waals surface area contributed by atoms with E-state index in [2.05, 4.69) is 24.0 Å². The molecule has 2 rings (SSSR count). The van der Waals surface area contributed by atoms with Crippen molar-refractivity contribution < 1.29 is 0 Å². The first-order valence-electron chi connectivity index (χ1n) is 6.58. The molecule has 1 heterocycles. The van der Waals surface area contributed by atoms with Crippen molar-refractivity contribution in [2.75, 3.05) is 0 Å². The predicted molar refractivity (Wildman–Crippen MR) is 87.4 cm³/mol. The average Bonchev–Trinajstić information content (AvgIpc) is 2.36. The van der Waals surface area contributed by atoms with E-state index < -0.39 is 0 Å². The van der Waals surface area contributed by atoms with Crippen LogP contribution in [-0.4, -0.2) is 11.0 Å². The maximum absolute atomic E-state index is 6.15. The second kappa shape index (κ2) is 6.61. The van der Waals surface area contributed by atoms with E-state index in [1.54, 1.807) is 11.8 Å². The van der Waals surface area contributed by atoms with Crippen molar-refractivity contribution in [2.45, 2.75) is 37.1 Å². The van der Waals surface area contributed by atoms with Crippen molar-refractivity contribution >= 4 is 23.4 Å². The van der Waals surface area contributed by atoms with Gasteiger partial charge in [0.25, 0.3) is 0 Å². The number of nitrogens with two attached hydrogens (primary N) is 1. The lowest BCUT2D eigenvalue weighted by atomic mass is 10.1. The number of benzene rings is 1. The first-order chi connectivity index (χ1) is 9.45. The molecule has 0 saturated carbocycles. The molecule has 0 saturated heterocycles. The summed E-state index contributed by atoms with van der Waals surface area (Å²) in [6.07, 6.45) is 0. The number of halogens is 1. The fraction of sp³-hybridized carbons (Fsp3) is 0.312. The highest BCUT2D eigenvalue weighted by atomic mass is 35.5. The summed E-state index contributed by atoms with van der Waals surface area (Å²) in [5.41, 5.74) is 9.58. The zero-order valence-corrected chi connectivity index (χ0v) is 13.5. The van der Waals surface area contributed by atoms with Crippen molar-refractivity contribution in [3.63, 3.8) is 0 Å². The van der Waals surface area contributed by atoms with Crippen LogP contribution in [0, 0.1) is 13.8 Å². The molecule has 1 aromatic heterocycles. The number of pyridine rings is 1. The van der Waals surface area contributed by atoms with E-state index in [0.29, 0.717) is 0 Å². The fourth-order valence-electron chi connectivity index (χ4n) is 2.13. The van der Waals surface area contributed by atoms with Gasteiger partial charge in [0.2, 0.25) is 0 Å². The van der Waals surface area contributed by atoms with Crippen LogP contribution in [-0.2, 0) is 0 Å². The van der Waals surface area contributed by atoms with Gasteiger partial charge in [0.05, 0.1) is 10.3 Å². The molecule has 0 amide bonds. The van der Waals surface area contributed by atoms with Gasteiger partial charge in [0, 0.05) is 16.8 Å². The first kappa shape index (κ1) is 15.4. The minimum atomic E-state index is 0.0313. The summed E-state index contributed by atoms with van der Waals surface area (Å²) < 4.78 is 0. The third-order valence-corrected chi connectivity index (χ3v) is 4.66. The van der Waals surface area contributed by atoms with E-state index in [0.717, 1.165) is 15.7 Å². The van der Waals surface area contributed by atoms with E-state index in [-0.39, 0.29) is 11.3 Å². The van der Waals surface area contributed by atoms with Crippen molar-refractivity contribution in [1.29, 1.82) is 0 Å². The van der Waals surface area contributed by atoms with Crippen molar-refractivity contribution in [3.8, 4) is 0 Å². The molecule has 20 heavy (non-hydrogen) atoms. The second-order valence-corrected chi connectivity index (χ2v) is 6.67. The molecule has 4 heteroatoms. The Morgan fingerprint density at radius 1 is 1.15 bits per heavy atom. The average molecular weight is 307 g/mol. The number of thioether (sulfide) groups is 1. The molecular formula is C16H19ClN2S. The third kappa shape index (κ3) is 3.98. The largest absolute Gasteiger partial charge is 0.327 e. The van der Waals surface area contributed by atoms with Gasteiger partial charge < -0.3 is 5.73 Å². The quantitative estimate of drug-likeness (QED) is 0.843. The highest BCUT2D eigenvalue weighted by molar-refractivity contribution is 7.99. The van der Waals surface area contributed by atoms with Crippen LogP contribution in [0.4, 0.5) is 0 Å². The smallest absolute Gasteiger partial charge is 0.0972 e. The number of hydrogen-bond donors (Lipinski definition) is 1. The van der Waals surface area contributed by atoms with Gasteiger partial charge in [-0.05, 0) is 56.2 Å². The monoisotopic (exact) mass is 306 g/mol. The van der Waals surface area contributed by atoms with Crippen LogP contribution in [0.3, 0.4) is 0 Å². The van der Waals surface area contributed by atoms with Gasteiger partial charge >= 0.3 is 0 Å². The van der Waals surface area contributed by atoms with E-state index >= 15 is 0 Å². The summed E-state index contributed by atoms with van der Waals surface area (Å²) in [6, 6.07) is 12.1. The van der Waals surface area contributed by atoms with Gasteiger partial charge in [0.15, 0.2) is 0 Å². The van der Waals surface area contributed by atoms with Crippen LogP contribution < -0.4 is 5.73 Å². The first-order valence-corrected chi connectivity index (χ1v) is 7.84. The molecule has 106 valence electrons. The van der Waals surface area contributed by atoms with Crippen LogP contribution in [0.25, 0.3) is 0 Å². The summed E-state index contributed by atoms with van der Waals surface area (Å²) in [5, 5.41) is 1.92. The standard InChI is InChI=1S/C16H19ClN2S/c1-10-8-11(2)19-15(9-10)20-16(12(3)18)13-4-6-14(17)7-5-13/h4-9,12,16H,18H2,1-3H3. The Labute approximate surface area is 129 Å². The Morgan fingerprint density at radius 3 is 2.35 bits per heavy atom.